The van der Waals surface area contributed by atoms with Gasteiger partial charge in [0.2, 0.25) is 0 Å². The van der Waals surface area contributed by atoms with Crippen molar-refractivity contribution in [2.24, 2.45) is 23.7 Å². The first-order valence-corrected chi connectivity index (χ1v) is 12.9. The molecule has 0 aromatic carbocycles. The lowest BCUT2D eigenvalue weighted by Gasteiger charge is -2.44. The molecule has 6 atom stereocenters. The Bertz CT molecular complexity index is 734. The molecule has 2 saturated heterocycles. The molecule has 14 heteroatoms. The SMILES string of the molecule is CC1CCC(C2COC(C3CC(F)C(C(F)(F)OC4CC(F)C(OC(F)(F)F)C(F)C4)C(F)C3)OC2)OC1. The molecule has 2 aliphatic carbocycles. The van der Waals surface area contributed by atoms with Crippen molar-refractivity contribution >= 4 is 0 Å². The van der Waals surface area contributed by atoms with Crippen LogP contribution < -0.4 is 0 Å². The molecular weight excluding hydrogens is 539 g/mol. The van der Waals surface area contributed by atoms with Crippen molar-refractivity contribution in [1.82, 2.24) is 0 Å². The summed E-state index contributed by atoms with van der Waals surface area (Å²) in [6.45, 7) is 3.19. The standard InChI is InChI=1S/C24H33F9O5/c1-11-2-3-19(34-8-11)13-9-35-22(36-10-13)12-4-15(25)20(16(26)5-12)23(29,30)37-14-6-17(27)21(18(28)7-14)38-24(31,32)33/h11-22H,2-10H2,1H3. The van der Waals surface area contributed by atoms with Crippen molar-refractivity contribution in [3.63, 3.8) is 0 Å². The third-order valence-corrected chi connectivity index (χ3v) is 7.90. The zero-order valence-corrected chi connectivity index (χ0v) is 20.7. The Balaban J connectivity index is 1.28. The van der Waals surface area contributed by atoms with E-state index in [1.165, 1.54) is 0 Å². The van der Waals surface area contributed by atoms with E-state index in [0.29, 0.717) is 12.5 Å². The van der Waals surface area contributed by atoms with Crippen LogP contribution in [0.25, 0.3) is 0 Å². The number of rotatable bonds is 6. The van der Waals surface area contributed by atoms with Crippen LogP contribution in [-0.4, -0.2) is 81.6 Å². The van der Waals surface area contributed by atoms with Gasteiger partial charge < -0.3 is 18.9 Å². The van der Waals surface area contributed by atoms with E-state index in [2.05, 4.69) is 16.4 Å². The zero-order valence-electron chi connectivity index (χ0n) is 20.7. The molecule has 0 spiro atoms. The third-order valence-electron chi connectivity index (χ3n) is 7.90. The van der Waals surface area contributed by atoms with Gasteiger partial charge in [-0.05, 0) is 31.6 Å². The molecule has 0 radical (unpaired) electrons. The molecule has 4 rings (SSSR count). The summed E-state index contributed by atoms with van der Waals surface area (Å²) in [5.41, 5.74) is 0. The monoisotopic (exact) mass is 572 g/mol. The van der Waals surface area contributed by atoms with Crippen molar-refractivity contribution < 1.29 is 63.2 Å². The number of hydrogen-bond acceptors (Lipinski definition) is 5. The zero-order chi connectivity index (χ0) is 27.8. The maximum atomic E-state index is 14.9. The highest BCUT2D eigenvalue weighted by Crippen LogP contribution is 2.46. The largest absolute Gasteiger partial charge is 0.522 e. The Morgan fingerprint density at radius 2 is 1.24 bits per heavy atom. The lowest BCUT2D eigenvalue weighted by atomic mass is 9.77. The van der Waals surface area contributed by atoms with Gasteiger partial charge in [0.15, 0.2) is 6.29 Å². The highest BCUT2D eigenvalue weighted by Gasteiger charge is 2.57. The fourth-order valence-electron chi connectivity index (χ4n) is 5.93. The smallest absolute Gasteiger partial charge is 0.377 e. The predicted molar refractivity (Wildman–Crippen MR) is 113 cm³/mol. The normalized spacial score (nSPS) is 45.6. The van der Waals surface area contributed by atoms with E-state index in [4.69, 9.17) is 14.2 Å². The second-order valence-corrected chi connectivity index (χ2v) is 11.0. The molecule has 0 N–H and O–H groups in total. The summed E-state index contributed by atoms with van der Waals surface area (Å²) < 4.78 is 150. The van der Waals surface area contributed by atoms with Gasteiger partial charge in [0.05, 0.1) is 25.4 Å². The maximum Gasteiger partial charge on any atom is 0.522 e. The third kappa shape index (κ3) is 7.27. The summed E-state index contributed by atoms with van der Waals surface area (Å²) in [5.74, 6) is -3.00. The first kappa shape index (κ1) is 30.1. The van der Waals surface area contributed by atoms with Crippen molar-refractivity contribution in [2.75, 3.05) is 19.8 Å². The van der Waals surface area contributed by atoms with E-state index in [-0.39, 0.29) is 25.2 Å². The fourth-order valence-corrected chi connectivity index (χ4v) is 5.93. The first-order chi connectivity index (χ1) is 17.7. The molecule has 2 heterocycles. The molecule has 0 aromatic rings. The van der Waals surface area contributed by atoms with Gasteiger partial charge >= 0.3 is 12.5 Å². The van der Waals surface area contributed by atoms with Crippen LogP contribution in [0.5, 0.6) is 0 Å². The van der Waals surface area contributed by atoms with Crippen molar-refractivity contribution in [3.8, 4) is 0 Å². The second kappa shape index (κ2) is 12.0. The fraction of sp³-hybridized carbons (Fsp3) is 1.00. The lowest BCUT2D eigenvalue weighted by molar-refractivity contribution is -0.366. The molecule has 0 aromatic heterocycles. The molecule has 0 bridgehead atoms. The molecule has 2 saturated carbocycles. The maximum absolute atomic E-state index is 14.9. The van der Waals surface area contributed by atoms with Crippen LogP contribution in [0.2, 0.25) is 0 Å². The summed E-state index contributed by atoms with van der Waals surface area (Å²) in [5, 5.41) is 0. The van der Waals surface area contributed by atoms with Crippen LogP contribution in [0.1, 0.15) is 45.4 Å². The van der Waals surface area contributed by atoms with E-state index in [1.807, 2.05) is 0 Å². The number of halogens is 9. The quantitative estimate of drug-likeness (QED) is 0.374. The average molecular weight is 573 g/mol. The van der Waals surface area contributed by atoms with Gasteiger partial charge in [-0.15, -0.1) is 13.2 Å². The van der Waals surface area contributed by atoms with Gasteiger partial charge in [-0.1, -0.05) is 6.92 Å². The van der Waals surface area contributed by atoms with Crippen molar-refractivity contribution in [3.05, 3.63) is 0 Å². The van der Waals surface area contributed by atoms with Gasteiger partial charge in [0.1, 0.15) is 36.7 Å². The summed E-state index contributed by atoms with van der Waals surface area (Å²) in [6, 6.07) is 0. The summed E-state index contributed by atoms with van der Waals surface area (Å²) in [6.07, 6.45) is -26.5. The Labute approximate surface area is 214 Å². The molecular formula is C24H33F9O5. The van der Waals surface area contributed by atoms with Crippen LogP contribution in [0.4, 0.5) is 39.5 Å². The summed E-state index contributed by atoms with van der Waals surface area (Å²) >= 11 is 0. The minimum atomic E-state index is -5.33. The second-order valence-electron chi connectivity index (χ2n) is 11.0. The van der Waals surface area contributed by atoms with E-state index in [0.717, 1.165) is 12.8 Å². The van der Waals surface area contributed by atoms with Crippen LogP contribution in [-0.2, 0) is 23.7 Å². The molecule has 4 fully saturated rings. The highest BCUT2D eigenvalue weighted by atomic mass is 19.4. The minimum Gasteiger partial charge on any atom is -0.377 e. The van der Waals surface area contributed by atoms with Gasteiger partial charge in [0.25, 0.3) is 0 Å². The lowest BCUT2D eigenvalue weighted by Crippen LogP contribution is -2.54. The summed E-state index contributed by atoms with van der Waals surface area (Å²) in [4.78, 5) is 0. The average Bonchev–Trinajstić information content (AvgIpc) is 2.80. The van der Waals surface area contributed by atoms with E-state index >= 15 is 0 Å². The van der Waals surface area contributed by atoms with E-state index in [9.17, 15) is 39.5 Å². The minimum absolute atomic E-state index is 0.0505. The molecule has 222 valence electrons. The highest BCUT2D eigenvalue weighted by molar-refractivity contribution is 4.95. The van der Waals surface area contributed by atoms with Crippen LogP contribution in [0.3, 0.4) is 0 Å². The number of alkyl halides is 9. The van der Waals surface area contributed by atoms with Crippen LogP contribution in [0, 0.1) is 23.7 Å². The van der Waals surface area contributed by atoms with Gasteiger partial charge in [-0.25, -0.2) is 17.6 Å². The van der Waals surface area contributed by atoms with Crippen molar-refractivity contribution in [1.29, 1.82) is 0 Å². The van der Waals surface area contributed by atoms with Crippen LogP contribution in [0.15, 0.2) is 0 Å². The van der Waals surface area contributed by atoms with E-state index < -0.39 is 93.2 Å². The first-order valence-electron chi connectivity index (χ1n) is 12.9. The Morgan fingerprint density at radius 1 is 0.658 bits per heavy atom. The summed E-state index contributed by atoms with van der Waals surface area (Å²) in [7, 11) is 0. The number of ether oxygens (including phenoxy) is 5. The molecule has 5 nitrogen and oxygen atoms in total. The molecule has 0 amide bonds. The van der Waals surface area contributed by atoms with Gasteiger partial charge in [-0.3, -0.25) is 4.74 Å². The Kier molecular flexibility index (Phi) is 9.48. The Morgan fingerprint density at radius 3 is 1.74 bits per heavy atom. The predicted octanol–water partition coefficient (Wildman–Crippen LogP) is 5.85. The van der Waals surface area contributed by atoms with Crippen molar-refractivity contribution in [2.45, 2.75) is 107 Å². The molecule has 4 aliphatic rings. The molecule has 6 unspecified atom stereocenters. The van der Waals surface area contributed by atoms with Gasteiger partial charge in [0, 0.05) is 31.3 Å². The molecule has 38 heavy (non-hydrogen) atoms. The Hall–Kier alpha value is -0.830. The van der Waals surface area contributed by atoms with E-state index in [1.54, 1.807) is 0 Å². The number of hydrogen-bond donors (Lipinski definition) is 0. The molecule has 2 aliphatic heterocycles. The van der Waals surface area contributed by atoms with Crippen LogP contribution >= 0.6 is 0 Å². The topological polar surface area (TPSA) is 46.2 Å². The van der Waals surface area contributed by atoms with Gasteiger partial charge in [-0.2, -0.15) is 8.78 Å².